The van der Waals surface area contributed by atoms with E-state index in [-0.39, 0.29) is 5.75 Å². The molecule has 1 aliphatic rings. The number of carbonyl (C=O) groups excluding carboxylic acids is 1. The molecule has 0 fully saturated rings. The lowest BCUT2D eigenvalue weighted by molar-refractivity contribution is -0.165. The van der Waals surface area contributed by atoms with Crippen molar-refractivity contribution < 1.29 is 19.4 Å². The summed E-state index contributed by atoms with van der Waals surface area (Å²) in [6, 6.07) is 6.83. The number of hydrogen-bond donors (Lipinski definition) is 2. The number of aromatic hydroxyl groups is 1. The third-order valence-corrected chi connectivity index (χ3v) is 2.21. The molecule has 5 nitrogen and oxygen atoms in total. The Morgan fingerprint density at radius 2 is 2.18 bits per heavy atom. The van der Waals surface area contributed by atoms with Crippen LogP contribution in [0, 0.1) is 0 Å². The lowest BCUT2D eigenvalue weighted by Gasteiger charge is -2.16. The third-order valence-electron chi connectivity index (χ3n) is 2.21. The van der Waals surface area contributed by atoms with Gasteiger partial charge in [0.05, 0.1) is 5.69 Å². The predicted molar refractivity (Wildman–Crippen MR) is 61.3 cm³/mol. The summed E-state index contributed by atoms with van der Waals surface area (Å²) in [4.78, 5) is 10.7. The van der Waals surface area contributed by atoms with E-state index in [1.807, 2.05) is 0 Å². The Hall–Kier alpha value is -2.01. The molecule has 0 aromatic heterocycles. The Bertz CT molecular complexity index is 444. The summed E-state index contributed by atoms with van der Waals surface area (Å²) in [5.74, 6) is -0.261. The SMILES string of the molecule is CC(=O)O[C@H]1C=C[C@@H](Nc2ccccc2O)O1. The summed E-state index contributed by atoms with van der Waals surface area (Å²) in [7, 11) is 0. The van der Waals surface area contributed by atoms with Crippen LogP contribution in [0.5, 0.6) is 5.75 Å². The lowest BCUT2D eigenvalue weighted by Crippen LogP contribution is -2.23. The minimum absolute atomic E-state index is 0.139. The first-order valence-corrected chi connectivity index (χ1v) is 5.20. The zero-order valence-corrected chi connectivity index (χ0v) is 9.29. The van der Waals surface area contributed by atoms with Gasteiger partial charge < -0.3 is 19.9 Å². The molecule has 0 amide bonds. The number of hydrogen-bond acceptors (Lipinski definition) is 5. The van der Waals surface area contributed by atoms with E-state index in [4.69, 9.17) is 9.47 Å². The van der Waals surface area contributed by atoms with Crippen LogP contribution in [0.1, 0.15) is 6.92 Å². The lowest BCUT2D eigenvalue weighted by atomic mass is 10.3. The van der Waals surface area contributed by atoms with Crippen LogP contribution in [0.2, 0.25) is 0 Å². The second-order valence-corrected chi connectivity index (χ2v) is 3.58. The Labute approximate surface area is 98.7 Å². The fraction of sp³-hybridized carbons (Fsp3) is 0.250. The Morgan fingerprint density at radius 1 is 1.41 bits per heavy atom. The number of nitrogens with one attached hydrogen (secondary N) is 1. The molecule has 90 valence electrons. The Morgan fingerprint density at radius 3 is 2.88 bits per heavy atom. The molecule has 1 aliphatic heterocycles. The van der Waals surface area contributed by atoms with Crippen molar-refractivity contribution in [3.8, 4) is 5.75 Å². The average molecular weight is 235 g/mol. The first-order valence-electron chi connectivity index (χ1n) is 5.20. The number of rotatable bonds is 3. The predicted octanol–water partition coefficient (Wildman–Crippen LogP) is 1.61. The van der Waals surface area contributed by atoms with Gasteiger partial charge in [0.15, 0.2) is 6.23 Å². The maximum absolute atomic E-state index is 10.7. The highest BCUT2D eigenvalue weighted by molar-refractivity contribution is 5.66. The quantitative estimate of drug-likeness (QED) is 0.473. The second kappa shape index (κ2) is 4.88. The molecular weight excluding hydrogens is 222 g/mol. The van der Waals surface area contributed by atoms with E-state index in [0.29, 0.717) is 5.69 Å². The first-order chi connectivity index (χ1) is 8.15. The van der Waals surface area contributed by atoms with Crippen molar-refractivity contribution in [1.82, 2.24) is 0 Å². The largest absolute Gasteiger partial charge is 0.506 e. The summed E-state index contributed by atoms with van der Waals surface area (Å²) < 4.78 is 10.2. The van der Waals surface area contributed by atoms with E-state index in [2.05, 4.69) is 5.32 Å². The number of anilines is 1. The van der Waals surface area contributed by atoms with E-state index < -0.39 is 18.5 Å². The van der Waals surface area contributed by atoms with E-state index >= 15 is 0 Å². The molecule has 0 aliphatic carbocycles. The summed E-state index contributed by atoms with van der Waals surface area (Å²) in [5, 5.41) is 12.5. The van der Waals surface area contributed by atoms with Gasteiger partial charge in [-0.25, -0.2) is 0 Å². The standard InChI is InChI=1S/C12H13NO4/c1-8(14)16-12-7-6-11(17-12)13-9-4-2-3-5-10(9)15/h2-7,11-13,15H,1H3/t11-,12+/m0/s1. The molecule has 5 heteroatoms. The zero-order chi connectivity index (χ0) is 12.3. The normalized spacial score (nSPS) is 22.4. The average Bonchev–Trinajstić information content (AvgIpc) is 2.68. The van der Waals surface area contributed by atoms with E-state index in [9.17, 15) is 9.90 Å². The van der Waals surface area contributed by atoms with E-state index in [1.54, 1.807) is 36.4 Å². The minimum atomic E-state index is -0.671. The molecule has 1 heterocycles. The number of benzene rings is 1. The Kier molecular flexibility index (Phi) is 3.30. The highest BCUT2D eigenvalue weighted by Gasteiger charge is 2.21. The van der Waals surface area contributed by atoms with Crippen LogP contribution in [0.4, 0.5) is 5.69 Å². The molecule has 0 bridgehead atoms. The van der Waals surface area contributed by atoms with Gasteiger partial charge in [-0.3, -0.25) is 4.79 Å². The minimum Gasteiger partial charge on any atom is -0.506 e. The van der Waals surface area contributed by atoms with Gasteiger partial charge in [-0.15, -0.1) is 0 Å². The second-order valence-electron chi connectivity index (χ2n) is 3.58. The number of esters is 1. The molecule has 2 rings (SSSR count). The molecule has 0 spiro atoms. The van der Waals surface area contributed by atoms with Gasteiger partial charge in [0.1, 0.15) is 5.75 Å². The molecular formula is C12H13NO4. The van der Waals surface area contributed by atoms with Crippen LogP contribution in [0.25, 0.3) is 0 Å². The number of phenols is 1. The van der Waals surface area contributed by atoms with E-state index in [0.717, 1.165) is 0 Å². The van der Waals surface area contributed by atoms with Gasteiger partial charge in [0.2, 0.25) is 6.29 Å². The zero-order valence-electron chi connectivity index (χ0n) is 9.29. The molecule has 1 aromatic carbocycles. The van der Waals surface area contributed by atoms with Crippen LogP contribution in [-0.2, 0) is 14.3 Å². The number of para-hydroxylation sites is 2. The van der Waals surface area contributed by atoms with Crippen LogP contribution >= 0.6 is 0 Å². The summed E-state index contributed by atoms with van der Waals surface area (Å²) in [5.41, 5.74) is 0.561. The number of ether oxygens (including phenoxy) is 2. The topological polar surface area (TPSA) is 67.8 Å². The molecule has 2 N–H and O–H groups in total. The van der Waals surface area contributed by atoms with Crippen molar-refractivity contribution in [1.29, 1.82) is 0 Å². The summed E-state index contributed by atoms with van der Waals surface area (Å²) in [6.45, 7) is 1.32. The third kappa shape index (κ3) is 2.98. The maximum atomic E-state index is 10.7. The van der Waals surface area contributed by atoms with Crippen molar-refractivity contribution >= 4 is 11.7 Å². The molecule has 2 atom stereocenters. The fourth-order valence-electron chi connectivity index (χ4n) is 1.49. The van der Waals surface area contributed by atoms with Crippen molar-refractivity contribution in [2.75, 3.05) is 5.32 Å². The van der Waals surface area contributed by atoms with Gasteiger partial charge in [-0.2, -0.15) is 0 Å². The summed E-state index contributed by atoms with van der Waals surface area (Å²) in [6.07, 6.45) is 2.27. The van der Waals surface area contributed by atoms with Crippen LogP contribution < -0.4 is 5.32 Å². The van der Waals surface area contributed by atoms with Crippen LogP contribution in [0.3, 0.4) is 0 Å². The fourth-order valence-corrected chi connectivity index (χ4v) is 1.49. The van der Waals surface area contributed by atoms with E-state index in [1.165, 1.54) is 6.92 Å². The molecule has 0 saturated heterocycles. The van der Waals surface area contributed by atoms with Crippen molar-refractivity contribution in [3.63, 3.8) is 0 Å². The monoisotopic (exact) mass is 235 g/mol. The van der Waals surface area contributed by atoms with Gasteiger partial charge in [0.25, 0.3) is 0 Å². The maximum Gasteiger partial charge on any atom is 0.305 e. The van der Waals surface area contributed by atoms with Gasteiger partial charge >= 0.3 is 5.97 Å². The molecule has 0 saturated carbocycles. The van der Waals surface area contributed by atoms with Crippen molar-refractivity contribution in [2.45, 2.75) is 19.4 Å². The van der Waals surface area contributed by atoms with Gasteiger partial charge in [-0.1, -0.05) is 12.1 Å². The highest BCUT2D eigenvalue weighted by atomic mass is 16.7. The van der Waals surface area contributed by atoms with Crippen LogP contribution in [0.15, 0.2) is 36.4 Å². The molecule has 1 aromatic rings. The number of carbonyl (C=O) groups is 1. The smallest absolute Gasteiger partial charge is 0.305 e. The molecule has 0 radical (unpaired) electrons. The first kappa shape index (κ1) is 11.5. The Balaban J connectivity index is 1.93. The summed E-state index contributed by atoms with van der Waals surface area (Å²) >= 11 is 0. The highest BCUT2D eigenvalue weighted by Crippen LogP contribution is 2.24. The molecule has 0 unspecified atom stereocenters. The molecule has 17 heavy (non-hydrogen) atoms. The number of phenolic OH excluding ortho intramolecular Hbond substituents is 1. The van der Waals surface area contributed by atoms with Crippen LogP contribution in [-0.4, -0.2) is 23.6 Å². The van der Waals surface area contributed by atoms with Crippen molar-refractivity contribution in [3.05, 3.63) is 36.4 Å². The van der Waals surface area contributed by atoms with Crippen molar-refractivity contribution in [2.24, 2.45) is 0 Å². The van der Waals surface area contributed by atoms with Gasteiger partial charge in [-0.05, 0) is 24.3 Å². The van der Waals surface area contributed by atoms with Gasteiger partial charge in [0, 0.05) is 6.92 Å².